The Morgan fingerprint density at radius 3 is 2.50 bits per heavy atom. The van der Waals surface area contributed by atoms with Crippen LogP contribution in [0.4, 0.5) is 4.39 Å². The van der Waals surface area contributed by atoms with Gasteiger partial charge in [-0.2, -0.15) is 14.6 Å². The molecule has 0 atom stereocenters. The first kappa shape index (κ1) is 16.3. The third-order valence-electron chi connectivity index (χ3n) is 3.83. The normalized spacial score (nSPS) is 12.0. The maximum atomic E-state index is 13.0. The number of halogens is 1. The maximum absolute atomic E-state index is 13.0. The summed E-state index contributed by atoms with van der Waals surface area (Å²) < 4.78 is 14.5. The van der Waals surface area contributed by atoms with E-state index in [-0.39, 0.29) is 22.0 Å². The standard InChI is InChI=1S/C19H12FN3O2S/c20-14-8-6-13(7-9-14)11-16-18(25)23-19(26-16)21-17(24)15(22-23)10-12-4-2-1-3-5-12/h1-9,11H,10H2/b16-11-. The van der Waals surface area contributed by atoms with Crippen molar-refractivity contribution in [2.75, 3.05) is 0 Å². The highest BCUT2D eigenvalue weighted by Gasteiger charge is 2.11. The van der Waals surface area contributed by atoms with Crippen LogP contribution >= 0.6 is 11.3 Å². The molecule has 0 saturated heterocycles. The maximum Gasteiger partial charge on any atom is 0.296 e. The number of hydrogen-bond acceptors (Lipinski definition) is 5. The average Bonchev–Trinajstić information content (AvgIpc) is 2.93. The van der Waals surface area contributed by atoms with E-state index >= 15 is 0 Å². The summed E-state index contributed by atoms with van der Waals surface area (Å²) in [6, 6.07) is 15.2. The molecule has 7 heteroatoms. The van der Waals surface area contributed by atoms with Crippen LogP contribution in [0.1, 0.15) is 16.8 Å². The first-order chi connectivity index (χ1) is 12.6. The summed E-state index contributed by atoms with van der Waals surface area (Å²) in [7, 11) is 0. The highest BCUT2D eigenvalue weighted by molar-refractivity contribution is 7.15. The molecule has 4 rings (SSSR count). The predicted octanol–water partition coefficient (Wildman–Crippen LogP) is 1.79. The van der Waals surface area contributed by atoms with Crippen LogP contribution in [0.15, 0.2) is 64.2 Å². The topological polar surface area (TPSA) is 64.3 Å². The molecule has 0 N–H and O–H groups in total. The minimum absolute atomic E-state index is 0.219. The number of benzene rings is 2. The molecule has 0 radical (unpaired) electrons. The van der Waals surface area contributed by atoms with Gasteiger partial charge in [-0.1, -0.05) is 53.8 Å². The van der Waals surface area contributed by atoms with Crippen molar-refractivity contribution in [2.24, 2.45) is 0 Å². The largest absolute Gasteiger partial charge is 0.296 e. The van der Waals surface area contributed by atoms with Crippen molar-refractivity contribution in [3.8, 4) is 0 Å². The van der Waals surface area contributed by atoms with Gasteiger partial charge in [-0.25, -0.2) is 4.39 Å². The van der Waals surface area contributed by atoms with Gasteiger partial charge in [0.25, 0.3) is 11.1 Å². The third-order valence-corrected chi connectivity index (χ3v) is 4.79. The van der Waals surface area contributed by atoms with Gasteiger partial charge >= 0.3 is 0 Å². The van der Waals surface area contributed by atoms with Crippen molar-refractivity contribution in [1.29, 1.82) is 0 Å². The third kappa shape index (κ3) is 3.16. The lowest BCUT2D eigenvalue weighted by molar-refractivity contribution is 0.628. The van der Waals surface area contributed by atoms with Crippen molar-refractivity contribution in [1.82, 2.24) is 14.6 Å². The molecule has 0 bridgehead atoms. The van der Waals surface area contributed by atoms with Gasteiger partial charge in [0, 0.05) is 6.42 Å². The number of rotatable bonds is 3. The number of aromatic nitrogens is 3. The Kier molecular flexibility index (Phi) is 4.14. The minimum atomic E-state index is -0.441. The average molecular weight is 365 g/mol. The number of fused-ring (bicyclic) bond motifs is 1. The monoisotopic (exact) mass is 365 g/mol. The Labute approximate surface area is 150 Å². The number of thiazole rings is 1. The van der Waals surface area contributed by atoms with Crippen molar-refractivity contribution in [3.05, 3.63) is 102 Å². The molecule has 2 heterocycles. The lowest BCUT2D eigenvalue weighted by Crippen LogP contribution is -2.28. The van der Waals surface area contributed by atoms with E-state index in [1.165, 1.54) is 12.1 Å². The molecule has 128 valence electrons. The Morgan fingerprint density at radius 1 is 1.04 bits per heavy atom. The first-order valence-corrected chi connectivity index (χ1v) is 8.66. The first-order valence-electron chi connectivity index (χ1n) is 7.84. The smallest absolute Gasteiger partial charge is 0.266 e. The molecule has 0 fully saturated rings. The Balaban J connectivity index is 1.81. The summed E-state index contributed by atoms with van der Waals surface area (Å²) in [5.74, 6) is -0.347. The van der Waals surface area contributed by atoms with E-state index in [9.17, 15) is 14.0 Å². The fraction of sp³-hybridized carbons (Fsp3) is 0.0526. The second-order valence-corrected chi connectivity index (χ2v) is 6.70. The van der Waals surface area contributed by atoms with Crippen LogP contribution in [0.25, 0.3) is 11.0 Å². The van der Waals surface area contributed by atoms with E-state index in [0.29, 0.717) is 16.5 Å². The zero-order valence-electron chi connectivity index (χ0n) is 13.4. The van der Waals surface area contributed by atoms with E-state index in [2.05, 4.69) is 10.1 Å². The molecule has 4 aromatic rings. The Bertz CT molecular complexity index is 1250. The SMILES string of the molecule is O=c1nc2s/c(=C\c3ccc(F)cc3)c(=O)n2nc1Cc1ccccc1. The molecule has 0 aliphatic rings. The van der Waals surface area contributed by atoms with Crippen LogP contribution in [0.2, 0.25) is 0 Å². The molecule has 5 nitrogen and oxygen atoms in total. The van der Waals surface area contributed by atoms with Gasteiger partial charge < -0.3 is 0 Å². The van der Waals surface area contributed by atoms with E-state index in [0.717, 1.165) is 21.4 Å². The minimum Gasteiger partial charge on any atom is -0.266 e. The highest BCUT2D eigenvalue weighted by Crippen LogP contribution is 2.06. The van der Waals surface area contributed by atoms with Crippen LogP contribution in [-0.2, 0) is 6.42 Å². The number of hydrogen-bond donors (Lipinski definition) is 0. The summed E-state index contributed by atoms with van der Waals surface area (Å²) in [5, 5.41) is 4.21. The fourth-order valence-corrected chi connectivity index (χ4v) is 3.46. The van der Waals surface area contributed by atoms with E-state index in [1.807, 2.05) is 30.3 Å². The van der Waals surface area contributed by atoms with Gasteiger partial charge in [0.05, 0.1) is 4.53 Å². The van der Waals surface area contributed by atoms with Crippen LogP contribution in [0.5, 0.6) is 0 Å². The van der Waals surface area contributed by atoms with Gasteiger partial charge in [-0.05, 0) is 29.3 Å². The molecular formula is C19H12FN3O2S. The predicted molar refractivity (Wildman–Crippen MR) is 97.8 cm³/mol. The van der Waals surface area contributed by atoms with E-state index in [4.69, 9.17) is 0 Å². The molecule has 2 aromatic heterocycles. The number of nitrogens with zero attached hydrogens (tertiary/aromatic N) is 3. The van der Waals surface area contributed by atoms with Gasteiger partial charge in [-0.3, -0.25) is 9.59 Å². The molecular weight excluding hydrogens is 353 g/mol. The lowest BCUT2D eigenvalue weighted by atomic mass is 10.1. The van der Waals surface area contributed by atoms with Crippen molar-refractivity contribution in [3.63, 3.8) is 0 Å². The van der Waals surface area contributed by atoms with Crippen LogP contribution in [0, 0.1) is 5.82 Å². The fourth-order valence-electron chi connectivity index (χ4n) is 2.55. The second-order valence-electron chi connectivity index (χ2n) is 5.69. The van der Waals surface area contributed by atoms with E-state index < -0.39 is 5.56 Å². The Hall–Kier alpha value is -3.19. The molecule has 0 aliphatic carbocycles. The quantitative estimate of drug-likeness (QED) is 0.555. The van der Waals surface area contributed by atoms with Crippen molar-refractivity contribution in [2.45, 2.75) is 6.42 Å². The zero-order valence-corrected chi connectivity index (χ0v) is 14.2. The Morgan fingerprint density at radius 2 is 1.77 bits per heavy atom. The molecule has 0 unspecified atom stereocenters. The lowest BCUT2D eigenvalue weighted by Gasteiger charge is -1.99. The summed E-state index contributed by atoms with van der Waals surface area (Å²) in [5.41, 5.74) is 1.03. The second kappa shape index (κ2) is 6.61. The molecule has 2 aromatic carbocycles. The van der Waals surface area contributed by atoms with Crippen LogP contribution in [-0.4, -0.2) is 14.6 Å². The zero-order chi connectivity index (χ0) is 18.1. The molecule has 26 heavy (non-hydrogen) atoms. The van der Waals surface area contributed by atoms with Gasteiger partial charge in [-0.15, -0.1) is 0 Å². The summed E-state index contributed by atoms with van der Waals surface area (Å²) in [6.45, 7) is 0. The molecule has 0 spiro atoms. The highest BCUT2D eigenvalue weighted by atomic mass is 32.1. The van der Waals surface area contributed by atoms with Gasteiger partial charge in [0.2, 0.25) is 4.96 Å². The molecule has 0 aliphatic heterocycles. The van der Waals surface area contributed by atoms with E-state index in [1.54, 1.807) is 18.2 Å². The molecule has 0 amide bonds. The summed E-state index contributed by atoms with van der Waals surface area (Å²) >= 11 is 1.08. The van der Waals surface area contributed by atoms with Crippen molar-refractivity contribution < 1.29 is 4.39 Å². The van der Waals surface area contributed by atoms with Gasteiger partial charge in [0.1, 0.15) is 11.5 Å². The van der Waals surface area contributed by atoms with Crippen LogP contribution < -0.4 is 15.7 Å². The summed E-state index contributed by atoms with van der Waals surface area (Å²) in [4.78, 5) is 29.0. The summed E-state index contributed by atoms with van der Waals surface area (Å²) in [6.07, 6.45) is 1.94. The van der Waals surface area contributed by atoms with Crippen molar-refractivity contribution >= 4 is 22.4 Å². The van der Waals surface area contributed by atoms with Gasteiger partial charge in [0.15, 0.2) is 0 Å². The molecule has 0 saturated carbocycles. The van der Waals surface area contributed by atoms with Crippen LogP contribution in [0.3, 0.4) is 0 Å².